The summed E-state index contributed by atoms with van der Waals surface area (Å²) in [5, 5.41) is 0.493. The Morgan fingerprint density at radius 1 is 0.889 bits per heavy atom. The summed E-state index contributed by atoms with van der Waals surface area (Å²) < 4.78 is 21.2. The average molecular weight is 284 g/mol. The molecule has 2 aromatic rings. The molecule has 0 bridgehead atoms. The predicted octanol–water partition coefficient (Wildman–Crippen LogP) is 3.27. The van der Waals surface area contributed by atoms with E-state index >= 15 is 0 Å². The van der Waals surface area contributed by atoms with Crippen molar-refractivity contribution in [1.82, 2.24) is 0 Å². The van der Waals surface area contributed by atoms with E-state index in [0.717, 1.165) is 0 Å². The predicted molar refractivity (Wildman–Crippen MR) is 66.8 cm³/mol. The van der Waals surface area contributed by atoms with Gasteiger partial charge in [0.25, 0.3) is 0 Å². The Kier molecular flexibility index (Phi) is 3.92. The molecule has 0 fully saturated rings. The monoisotopic (exact) mass is 283 g/mol. The maximum absolute atomic E-state index is 11.6. The fourth-order valence-electron chi connectivity index (χ4n) is 1.25. The van der Waals surface area contributed by atoms with E-state index in [4.69, 9.17) is 20.6 Å². The third-order valence-electron chi connectivity index (χ3n) is 1.99. The Hall–Kier alpha value is -1.48. The molecule has 0 aliphatic heterocycles. The highest BCUT2D eigenvalue weighted by atomic mass is 35.5. The normalized spacial score (nSPS) is 13.7. The van der Waals surface area contributed by atoms with E-state index in [1.807, 2.05) is 0 Å². The van der Waals surface area contributed by atoms with Crippen LogP contribution in [0, 0.1) is 0 Å². The summed E-state index contributed by atoms with van der Waals surface area (Å²) in [6.45, 7) is 0. The maximum atomic E-state index is 11.6. The highest BCUT2D eigenvalue weighted by Gasteiger charge is 2.12. The van der Waals surface area contributed by atoms with Crippen molar-refractivity contribution in [2.45, 2.75) is 0 Å². The lowest BCUT2D eigenvalue weighted by atomic mass is 10.3. The van der Waals surface area contributed by atoms with Crippen LogP contribution in [-0.2, 0) is 4.57 Å². The second-order valence-electron chi connectivity index (χ2n) is 3.40. The van der Waals surface area contributed by atoms with Gasteiger partial charge in [0.05, 0.1) is 0 Å². The zero-order valence-corrected chi connectivity index (χ0v) is 10.8. The van der Waals surface area contributed by atoms with E-state index < -0.39 is 7.82 Å². The van der Waals surface area contributed by atoms with E-state index in [9.17, 15) is 9.46 Å². The molecule has 0 N–H and O–H groups in total. The minimum Gasteiger partial charge on any atom is -0.736 e. The molecular weight excluding hydrogens is 275 g/mol. The average Bonchev–Trinajstić information content (AvgIpc) is 2.32. The summed E-state index contributed by atoms with van der Waals surface area (Å²) in [5.41, 5.74) is 0. The van der Waals surface area contributed by atoms with Gasteiger partial charge in [-0.2, -0.15) is 0 Å². The molecule has 1 atom stereocenters. The van der Waals surface area contributed by atoms with Crippen LogP contribution in [0.15, 0.2) is 54.6 Å². The van der Waals surface area contributed by atoms with Crippen molar-refractivity contribution in [3.05, 3.63) is 59.6 Å². The first-order valence-electron chi connectivity index (χ1n) is 5.06. The first-order valence-corrected chi connectivity index (χ1v) is 6.90. The first kappa shape index (κ1) is 13.0. The van der Waals surface area contributed by atoms with Crippen LogP contribution < -0.4 is 13.9 Å². The standard InChI is InChI=1S/C12H10ClO4P/c13-10-6-8-12(9-7-10)17-18(14,15)16-11-4-2-1-3-5-11/h1-9H,(H,14,15)/p-1. The molecule has 1 unspecified atom stereocenters. The van der Waals surface area contributed by atoms with Crippen molar-refractivity contribution in [2.24, 2.45) is 0 Å². The summed E-state index contributed by atoms with van der Waals surface area (Å²) in [5.74, 6) is 0.346. The van der Waals surface area contributed by atoms with Gasteiger partial charge in [0.15, 0.2) is 0 Å². The van der Waals surface area contributed by atoms with Gasteiger partial charge in [0.2, 0.25) is 0 Å². The summed E-state index contributed by atoms with van der Waals surface area (Å²) in [6, 6.07) is 14.1. The Morgan fingerprint density at radius 3 is 1.94 bits per heavy atom. The Balaban J connectivity index is 2.08. The summed E-state index contributed by atoms with van der Waals surface area (Å²) in [7, 11) is -4.44. The van der Waals surface area contributed by atoms with Crippen LogP contribution in [0.3, 0.4) is 0 Å². The molecule has 2 rings (SSSR count). The number of phosphoric ester groups is 1. The second kappa shape index (κ2) is 5.44. The lowest BCUT2D eigenvalue weighted by Gasteiger charge is -2.23. The molecule has 0 radical (unpaired) electrons. The molecule has 0 saturated carbocycles. The van der Waals surface area contributed by atoms with E-state index in [-0.39, 0.29) is 11.5 Å². The van der Waals surface area contributed by atoms with E-state index in [1.165, 1.54) is 36.4 Å². The molecule has 0 heterocycles. The molecule has 0 spiro atoms. The molecule has 0 aromatic heterocycles. The van der Waals surface area contributed by atoms with Crippen LogP contribution in [0.5, 0.6) is 11.5 Å². The molecule has 4 nitrogen and oxygen atoms in total. The van der Waals surface area contributed by atoms with Gasteiger partial charge in [-0.25, -0.2) is 4.57 Å². The van der Waals surface area contributed by atoms with Crippen molar-refractivity contribution in [1.29, 1.82) is 0 Å². The largest absolute Gasteiger partial charge is 0.736 e. The van der Waals surface area contributed by atoms with Crippen LogP contribution in [-0.4, -0.2) is 0 Å². The molecule has 6 heteroatoms. The number of para-hydroxylation sites is 1. The zero-order valence-electron chi connectivity index (χ0n) is 9.15. The highest BCUT2D eigenvalue weighted by molar-refractivity contribution is 7.46. The minimum absolute atomic E-state index is 0.147. The van der Waals surface area contributed by atoms with Crippen LogP contribution in [0.1, 0.15) is 0 Å². The molecule has 0 amide bonds. The zero-order chi connectivity index (χ0) is 13.0. The number of hydrogen-bond donors (Lipinski definition) is 0. The van der Waals surface area contributed by atoms with Gasteiger partial charge in [-0.15, -0.1) is 0 Å². The number of rotatable bonds is 4. The van der Waals surface area contributed by atoms with Gasteiger partial charge in [-0.05, 0) is 36.4 Å². The molecule has 2 aromatic carbocycles. The van der Waals surface area contributed by atoms with E-state index in [2.05, 4.69) is 0 Å². The van der Waals surface area contributed by atoms with Crippen LogP contribution in [0.4, 0.5) is 0 Å². The molecule has 0 saturated heterocycles. The van der Waals surface area contributed by atoms with Gasteiger partial charge >= 0.3 is 7.82 Å². The molecule has 94 valence electrons. The van der Waals surface area contributed by atoms with E-state index in [1.54, 1.807) is 18.2 Å². The SMILES string of the molecule is O=P([O-])(Oc1ccccc1)Oc1ccc(Cl)cc1. The number of phosphoric acid groups is 1. The lowest BCUT2D eigenvalue weighted by molar-refractivity contribution is -0.208. The Morgan fingerprint density at radius 2 is 1.39 bits per heavy atom. The highest BCUT2D eigenvalue weighted by Crippen LogP contribution is 2.40. The van der Waals surface area contributed by atoms with Crippen molar-refractivity contribution >= 4 is 19.4 Å². The lowest BCUT2D eigenvalue weighted by Crippen LogP contribution is -2.12. The number of hydrogen-bond acceptors (Lipinski definition) is 4. The quantitative estimate of drug-likeness (QED) is 0.808. The van der Waals surface area contributed by atoms with Gasteiger partial charge in [0, 0.05) is 5.02 Å². The number of benzene rings is 2. The van der Waals surface area contributed by atoms with Crippen molar-refractivity contribution in [3.63, 3.8) is 0 Å². The summed E-state index contributed by atoms with van der Waals surface area (Å²) in [4.78, 5) is 11.6. The molecule has 0 aliphatic carbocycles. The van der Waals surface area contributed by atoms with Gasteiger partial charge in [-0.3, -0.25) is 0 Å². The van der Waals surface area contributed by atoms with Crippen molar-refractivity contribution in [2.75, 3.05) is 0 Å². The molecule has 18 heavy (non-hydrogen) atoms. The van der Waals surface area contributed by atoms with E-state index in [0.29, 0.717) is 5.02 Å². The van der Waals surface area contributed by atoms with Crippen molar-refractivity contribution in [3.8, 4) is 11.5 Å². The van der Waals surface area contributed by atoms with Crippen molar-refractivity contribution < 1.29 is 18.5 Å². The van der Waals surface area contributed by atoms with Gasteiger partial charge < -0.3 is 13.9 Å². The van der Waals surface area contributed by atoms with Gasteiger partial charge in [0.1, 0.15) is 11.5 Å². The fraction of sp³-hybridized carbons (Fsp3) is 0. The maximum Gasteiger partial charge on any atom is 0.372 e. The Labute approximate surface area is 109 Å². The molecular formula is C12H9ClO4P-. The summed E-state index contributed by atoms with van der Waals surface area (Å²) >= 11 is 5.68. The molecule has 0 aliphatic rings. The second-order valence-corrected chi connectivity index (χ2v) is 5.09. The topological polar surface area (TPSA) is 58.6 Å². The fourth-order valence-corrected chi connectivity index (χ4v) is 2.18. The van der Waals surface area contributed by atoms with Crippen LogP contribution in [0.2, 0.25) is 5.02 Å². The number of halogens is 1. The third kappa shape index (κ3) is 3.77. The van der Waals surface area contributed by atoms with Gasteiger partial charge in [-0.1, -0.05) is 29.8 Å². The smallest absolute Gasteiger partial charge is 0.372 e. The Bertz CT molecular complexity index is 556. The van der Waals surface area contributed by atoms with Crippen LogP contribution >= 0.6 is 19.4 Å². The summed E-state index contributed by atoms with van der Waals surface area (Å²) in [6.07, 6.45) is 0. The first-order chi connectivity index (χ1) is 8.55. The minimum atomic E-state index is -4.44. The third-order valence-corrected chi connectivity index (χ3v) is 3.11. The van der Waals surface area contributed by atoms with Crippen LogP contribution in [0.25, 0.3) is 0 Å².